The Morgan fingerprint density at radius 3 is 2.22 bits per heavy atom. The molecule has 0 heterocycles. The van der Waals surface area contributed by atoms with Crippen LogP contribution in [0.3, 0.4) is 0 Å². The molecule has 5 heteroatoms. The molecule has 1 amide bonds. The minimum absolute atomic E-state index is 0.0814. The van der Waals surface area contributed by atoms with Gasteiger partial charge in [-0.05, 0) is 39.7 Å². The Hall–Kier alpha value is -1.52. The van der Waals surface area contributed by atoms with Crippen molar-refractivity contribution in [2.75, 3.05) is 14.1 Å². The quantitative estimate of drug-likeness (QED) is 0.776. The molecule has 1 fully saturated rings. The molecule has 1 aliphatic carbocycles. The number of rotatable bonds is 4. The van der Waals surface area contributed by atoms with Gasteiger partial charge in [-0.15, -0.1) is 0 Å². The lowest BCUT2D eigenvalue weighted by molar-refractivity contribution is -0.117. The second kappa shape index (κ2) is 5.00. The fourth-order valence-electron chi connectivity index (χ4n) is 1.43. The van der Waals surface area contributed by atoms with E-state index in [1.165, 1.54) is 6.08 Å². The summed E-state index contributed by atoms with van der Waals surface area (Å²) < 4.78 is 5.15. The Balaban J connectivity index is 2.56. The zero-order valence-corrected chi connectivity index (χ0v) is 11.7. The maximum absolute atomic E-state index is 11.9. The van der Waals surface area contributed by atoms with Gasteiger partial charge in [-0.1, -0.05) is 0 Å². The van der Waals surface area contributed by atoms with Crippen LogP contribution in [0.2, 0.25) is 0 Å². The van der Waals surface area contributed by atoms with Crippen LogP contribution in [-0.4, -0.2) is 42.0 Å². The van der Waals surface area contributed by atoms with Gasteiger partial charge in [-0.2, -0.15) is 0 Å². The second-order valence-electron chi connectivity index (χ2n) is 5.85. The first-order valence-corrected chi connectivity index (χ1v) is 6.05. The fraction of sp³-hybridized carbons (Fsp3) is 0.692. The highest BCUT2D eigenvalue weighted by molar-refractivity contribution is 6.02. The average Bonchev–Trinajstić information content (AvgIpc) is 2.91. The molecule has 1 rings (SSSR count). The summed E-state index contributed by atoms with van der Waals surface area (Å²) in [5.41, 5.74) is -1.29. The van der Waals surface area contributed by atoms with E-state index in [1.807, 2.05) is 14.1 Å². The van der Waals surface area contributed by atoms with Crippen molar-refractivity contribution in [3.63, 3.8) is 0 Å². The first-order valence-electron chi connectivity index (χ1n) is 6.05. The van der Waals surface area contributed by atoms with E-state index in [1.54, 1.807) is 31.9 Å². The molecule has 0 bridgehead atoms. The van der Waals surface area contributed by atoms with Crippen LogP contribution in [0.4, 0.5) is 4.79 Å². The third-order valence-corrected chi connectivity index (χ3v) is 2.49. The monoisotopic (exact) mass is 254 g/mol. The van der Waals surface area contributed by atoms with Gasteiger partial charge in [0, 0.05) is 20.3 Å². The van der Waals surface area contributed by atoms with E-state index in [9.17, 15) is 9.59 Å². The summed E-state index contributed by atoms with van der Waals surface area (Å²) in [5, 5.41) is 2.67. The van der Waals surface area contributed by atoms with Crippen molar-refractivity contribution in [3.05, 3.63) is 12.3 Å². The van der Waals surface area contributed by atoms with Crippen LogP contribution in [-0.2, 0) is 9.53 Å². The largest absolute Gasteiger partial charge is 0.444 e. The number of ether oxygens (including phenoxy) is 1. The predicted molar refractivity (Wildman–Crippen MR) is 69.2 cm³/mol. The summed E-state index contributed by atoms with van der Waals surface area (Å²) in [4.78, 5) is 25.4. The first-order chi connectivity index (χ1) is 8.15. The average molecular weight is 254 g/mol. The molecule has 102 valence electrons. The number of carbonyl (C=O) groups is 2. The van der Waals surface area contributed by atoms with Crippen LogP contribution >= 0.6 is 0 Å². The Labute approximate surface area is 108 Å². The number of amides is 1. The van der Waals surface area contributed by atoms with Crippen molar-refractivity contribution >= 4 is 11.9 Å². The fourth-order valence-corrected chi connectivity index (χ4v) is 1.43. The lowest BCUT2D eigenvalue weighted by atomic mass is 10.1. The number of hydrogen-bond acceptors (Lipinski definition) is 4. The van der Waals surface area contributed by atoms with Crippen LogP contribution in [0.15, 0.2) is 12.3 Å². The van der Waals surface area contributed by atoms with Gasteiger partial charge in [0.25, 0.3) is 0 Å². The molecule has 18 heavy (non-hydrogen) atoms. The normalized spacial score (nSPS) is 17.4. The van der Waals surface area contributed by atoms with Crippen molar-refractivity contribution in [3.8, 4) is 0 Å². The van der Waals surface area contributed by atoms with Gasteiger partial charge in [0.1, 0.15) is 11.1 Å². The molecule has 0 aliphatic heterocycles. The Kier molecular flexibility index (Phi) is 4.04. The Morgan fingerprint density at radius 2 is 1.83 bits per heavy atom. The number of carbonyl (C=O) groups excluding carboxylic acids is 2. The predicted octanol–water partition coefficient (Wildman–Crippen LogP) is 1.69. The molecule has 0 spiro atoms. The number of ketones is 1. The maximum atomic E-state index is 11.9. The van der Waals surface area contributed by atoms with Crippen molar-refractivity contribution in [1.82, 2.24) is 10.2 Å². The molecule has 1 aliphatic rings. The van der Waals surface area contributed by atoms with Gasteiger partial charge in [0.05, 0.1) is 0 Å². The molecule has 0 saturated heterocycles. The lowest BCUT2D eigenvalue weighted by Crippen LogP contribution is -2.45. The minimum atomic E-state index is -0.741. The highest BCUT2D eigenvalue weighted by atomic mass is 16.6. The summed E-state index contributed by atoms with van der Waals surface area (Å²) in [5.74, 6) is -0.0814. The molecule has 0 aromatic rings. The lowest BCUT2D eigenvalue weighted by Gasteiger charge is -2.22. The molecule has 0 aromatic heterocycles. The smallest absolute Gasteiger partial charge is 0.408 e. The van der Waals surface area contributed by atoms with Crippen molar-refractivity contribution in [1.29, 1.82) is 0 Å². The van der Waals surface area contributed by atoms with Gasteiger partial charge >= 0.3 is 6.09 Å². The third-order valence-electron chi connectivity index (χ3n) is 2.49. The van der Waals surface area contributed by atoms with Crippen molar-refractivity contribution in [2.24, 2.45) is 0 Å². The number of nitrogens with one attached hydrogen (secondary N) is 1. The Morgan fingerprint density at radius 1 is 1.28 bits per heavy atom. The van der Waals surface area contributed by atoms with Crippen LogP contribution in [0.25, 0.3) is 0 Å². The third kappa shape index (κ3) is 4.39. The molecule has 0 unspecified atom stereocenters. The van der Waals surface area contributed by atoms with Crippen LogP contribution in [0, 0.1) is 0 Å². The van der Waals surface area contributed by atoms with E-state index in [4.69, 9.17) is 4.74 Å². The first kappa shape index (κ1) is 14.5. The molecule has 5 nitrogen and oxygen atoms in total. The number of nitrogens with zero attached hydrogens (tertiary/aromatic N) is 1. The SMILES string of the molecule is CN(C)C=CC(=O)C1(NC(=O)OC(C)(C)C)CC1. The topological polar surface area (TPSA) is 58.6 Å². The van der Waals surface area contributed by atoms with Crippen molar-refractivity contribution in [2.45, 2.75) is 44.8 Å². The van der Waals surface area contributed by atoms with Gasteiger partial charge in [-0.25, -0.2) is 4.79 Å². The molecule has 0 aromatic carbocycles. The van der Waals surface area contributed by atoms with E-state index < -0.39 is 17.2 Å². The molecule has 1 saturated carbocycles. The zero-order valence-electron chi connectivity index (χ0n) is 11.7. The maximum Gasteiger partial charge on any atom is 0.408 e. The summed E-state index contributed by atoms with van der Waals surface area (Å²) >= 11 is 0. The molecule has 1 N–H and O–H groups in total. The Bertz CT molecular complexity index is 363. The van der Waals surface area contributed by atoms with Crippen LogP contribution < -0.4 is 5.32 Å². The van der Waals surface area contributed by atoms with Crippen LogP contribution in [0.1, 0.15) is 33.6 Å². The van der Waals surface area contributed by atoms with Crippen LogP contribution in [0.5, 0.6) is 0 Å². The highest BCUT2D eigenvalue weighted by Gasteiger charge is 2.50. The number of alkyl carbamates (subject to hydrolysis) is 1. The van der Waals surface area contributed by atoms with Gasteiger partial charge < -0.3 is 15.0 Å². The summed E-state index contributed by atoms with van der Waals surface area (Å²) in [6.07, 6.45) is 3.97. The summed E-state index contributed by atoms with van der Waals surface area (Å²) in [7, 11) is 3.68. The molecule has 0 atom stereocenters. The number of hydrogen-bond donors (Lipinski definition) is 1. The summed E-state index contributed by atoms with van der Waals surface area (Å²) in [6.45, 7) is 5.37. The van der Waals surface area contributed by atoms with Gasteiger partial charge in [-0.3, -0.25) is 4.79 Å². The van der Waals surface area contributed by atoms with E-state index >= 15 is 0 Å². The molecular weight excluding hydrogens is 232 g/mol. The van der Waals surface area contributed by atoms with Gasteiger partial charge in [0.15, 0.2) is 5.78 Å². The summed E-state index contributed by atoms with van der Waals surface area (Å²) in [6, 6.07) is 0. The van der Waals surface area contributed by atoms with E-state index in [0.29, 0.717) is 12.8 Å². The standard InChI is InChI=1S/C13H22N2O3/c1-12(2,3)18-11(17)14-13(7-8-13)10(16)6-9-15(4)5/h6,9H,7-8H2,1-5H3,(H,14,17). The van der Waals surface area contributed by atoms with E-state index in [2.05, 4.69) is 5.32 Å². The highest BCUT2D eigenvalue weighted by Crippen LogP contribution is 2.37. The molecular formula is C13H22N2O3. The zero-order chi connectivity index (χ0) is 14.0. The van der Waals surface area contributed by atoms with Crippen molar-refractivity contribution < 1.29 is 14.3 Å². The van der Waals surface area contributed by atoms with E-state index in [0.717, 1.165) is 0 Å². The second-order valence-corrected chi connectivity index (χ2v) is 5.85. The molecule has 0 radical (unpaired) electrons. The van der Waals surface area contributed by atoms with E-state index in [-0.39, 0.29) is 5.78 Å². The minimum Gasteiger partial charge on any atom is -0.444 e. The van der Waals surface area contributed by atoms with Gasteiger partial charge in [0.2, 0.25) is 0 Å².